The Kier molecular flexibility index (Phi) is 7.03. The minimum Gasteiger partial charge on any atom is -0.492 e. The Balaban J connectivity index is 1.37. The summed E-state index contributed by atoms with van der Waals surface area (Å²) in [6.07, 6.45) is 6.89. The molecule has 0 unspecified atom stereocenters. The molecule has 0 aliphatic carbocycles. The number of halogens is 1. The fourth-order valence-electron chi connectivity index (χ4n) is 3.88. The number of carbonyl (C=O) groups excluding carboxylic acids is 1. The average Bonchev–Trinajstić information content (AvgIpc) is 2.64. The smallest absolute Gasteiger partial charge is 0.315 e. The number of nitrogens with zero attached hydrogens (tertiary/aromatic N) is 1. The van der Waals surface area contributed by atoms with Crippen LogP contribution in [0.5, 0.6) is 5.75 Å². The van der Waals surface area contributed by atoms with Crippen LogP contribution in [0.25, 0.3) is 0 Å². The molecule has 6 heteroatoms. The van der Waals surface area contributed by atoms with E-state index in [-0.39, 0.29) is 12.1 Å². The summed E-state index contributed by atoms with van der Waals surface area (Å²) < 4.78 is 5.64. The molecule has 1 saturated heterocycles. The van der Waals surface area contributed by atoms with Gasteiger partial charge in [-0.3, -0.25) is 0 Å². The Hall–Kier alpha value is -1.46. The Morgan fingerprint density at radius 1 is 1.31 bits per heavy atom. The van der Waals surface area contributed by atoms with Gasteiger partial charge in [0.1, 0.15) is 5.75 Å². The normalized spacial score (nSPS) is 23.0. The number of fused-ring (bicyclic) bond motifs is 1. The maximum Gasteiger partial charge on any atom is 0.315 e. The van der Waals surface area contributed by atoms with Gasteiger partial charge in [0, 0.05) is 24.6 Å². The molecule has 26 heavy (non-hydrogen) atoms. The van der Waals surface area contributed by atoms with E-state index in [1.54, 1.807) is 0 Å². The van der Waals surface area contributed by atoms with Crippen LogP contribution in [-0.2, 0) is 0 Å². The number of urea groups is 1. The lowest BCUT2D eigenvalue weighted by Crippen LogP contribution is -2.40. The molecule has 0 saturated carbocycles. The number of unbranched alkanes of at least 4 members (excludes halogenated alkanes) is 1. The van der Waals surface area contributed by atoms with Gasteiger partial charge in [-0.1, -0.05) is 30.2 Å². The van der Waals surface area contributed by atoms with Crippen LogP contribution in [0, 0.1) is 0 Å². The van der Waals surface area contributed by atoms with Crippen molar-refractivity contribution in [1.82, 2.24) is 15.5 Å². The molecule has 0 radical (unpaired) electrons. The van der Waals surface area contributed by atoms with Crippen molar-refractivity contribution in [3.8, 4) is 5.75 Å². The Bertz CT molecular complexity index is 611. The number of nitrogens with one attached hydrogen (secondary N) is 2. The highest BCUT2D eigenvalue weighted by molar-refractivity contribution is 6.32. The third kappa shape index (κ3) is 5.04. The Labute approximate surface area is 161 Å². The first-order valence-electron chi connectivity index (χ1n) is 9.85. The van der Waals surface area contributed by atoms with E-state index in [9.17, 15) is 4.79 Å². The summed E-state index contributed by atoms with van der Waals surface area (Å²) in [6.45, 7) is 5.95. The fraction of sp³-hybridized carbons (Fsp3) is 0.650. The largest absolute Gasteiger partial charge is 0.492 e. The van der Waals surface area contributed by atoms with Crippen LogP contribution in [0.4, 0.5) is 4.79 Å². The lowest BCUT2D eigenvalue weighted by molar-refractivity contribution is 0.158. The van der Waals surface area contributed by atoms with Crippen molar-refractivity contribution in [2.45, 2.75) is 57.5 Å². The number of rotatable bonds is 6. The van der Waals surface area contributed by atoms with Gasteiger partial charge in [-0.05, 0) is 51.8 Å². The minimum absolute atomic E-state index is 0.0494. The van der Waals surface area contributed by atoms with E-state index in [0.29, 0.717) is 30.0 Å². The molecule has 1 aromatic carbocycles. The predicted molar refractivity (Wildman–Crippen MR) is 105 cm³/mol. The third-order valence-electron chi connectivity index (χ3n) is 5.43. The second-order valence-electron chi connectivity index (χ2n) is 7.34. The molecule has 2 heterocycles. The average molecular weight is 380 g/mol. The summed E-state index contributed by atoms with van der Waals surface area (Å²) in [5.41, 5.74) is 0.956. The van der Waals surface area contributed by atoms with Crippen LogP contribution in [0.2, 0.25) is 5.02 Å². The quantitative estimate of drug-likeness (QED) is 0.731. The van der Waals surface area contributed by atoms with Crippen molar-refractivity contribution >= 4 is 17.6 Å². The van der Waals surface area contributed by atoms with Crippen molar-refractivity contribution in [3.05, 3.63) is 28.8 Å². The number of hydrogen-bond acceptors (Lipinski definition) is 3. The van der Waals surface area contributed by atoms with Gasteiger partial charge >= 0.3 is 6.03 Å². The molecule has 2 aliphatic heterocycles. The molecule has 3 rings (SSSR count). The maximum atomic E-state index is 12.2. The molecule has 2 amide bonds. The third-order valence-corrected chi connectivity index (χ3v) is 5.73. The first kappa shape index (κ1) is 19.3. The number of hydrogen-bond donors (Lipinski definition) is 2. The van der Waals surface area contributed by atoms with Crippen molar-refractivity contribution in [2.24, 2.45) is 0 Å². The number of piperidine rings is 1. The number of carbonyl (C=O) groups is 1. The van der Waals surface area contributed by atoms with E-state index in [1.807, 2.05) is 18.2 Å². The molecular formula is C20H30ClN3O2. The minimum atomic E-state index is -0.117. The Morgan fingerprint density at radius 3 is 3.04 bits per heavy atom. The summed E-state index contributed by atoms with van der Waals surface area (Å²) in [4.78, 5) is 14.8. The van der Waals surface area contributed by atoms with Crippen molar-refractivity contribution in [3.63, 3.8) is 0 Å². The second-order valence-corrected chi connectivity index (χ2v) is 7.74. The zero-order valence-corrected chi connectivity index (χ0v) is 16.4. The van der Waals surface area contributed by atoms with Crippen LogP contribution in [0.15, 0.2) is 18.2 Å². The molecule has 5 nitrogen and oxygen atoms in total. The second kappa shape index (κ2) is 9.47. The highest BCUT2D eigenvalue weighted by Gasteiger charge is 2.24. The molecule has 1 fully saturated rings. The van der Waals surface area contributed by atoms with Crippen LogP contribution >= 0.6 is 11.6 Å². The maximum absolute atomic E-state index is 12.2. The van der Waals surface area contributed by atoms with Gasteiger partial charge in [0.15, 0.2) is 0 Å². The van der Waals surface area contributed by atoms with Gasteiger partial charge in [0.25, 0.3) is 0 Å². The molecule has 2 aliphatic rings. The van der Waals surface area contributed by atoms with Crippen LogP contribution in [-0.4, -0.2) is 43.2 Å². The monoisotopic (exact) mass is 379 g/mol. The standard InChI is InChI=1S/C20H30ClN3O2/c1-15-7-2-4-12-24(15)13-5-3-11-22-20(25)23-18-10-14-26-19-16(18)8-6-9-17(19)21/h6,8-9,15,18H,2-5,7,10-14H2,1H3,(H2,22,23,25)/t15-,18+/m0/s1. The lowest BCUT2D eigenvalue weighted by Gasteiger charge is -2.33. The van der Waals surface area contributed by atoms with E-state index in [4.69, 9.17) is 16.3 Å². The highest BCUT2D eigenvalue weighted by Crippen LogP contribution is 2.37. The van der Waals surface area contributed by atoms with Gasteiger partial charge in [-0.15, -0.1) is 0 Å². The summed E-state index contributed by atoms with van der Waals surface area (Å²) in [6, 6.07) is 6.21. The fourth-order valence-corrected chi connectivity index (χ4v) is 4.11. The molecule has 1 aromatic rings. The van der Waals surface area contributed by atoms with Crippen LogP contribution < -0.4 is 15.4 Å². The highest BCUT2D eigenvalue weighted by atomic mass is 35.5. The predicted octanol–water partition coefficient (Wildman–Crippen LogP) is 4.12. The zero-order chi connectivity index (χ0) is 18.4. The zero-order valence-electron chi connectivity index (χ0n) is 15.6. The summed E-state index contributed by atoms with van der Waals surface area (Å²) in [5.74, 6) is 0.696. The SMILES string of the molecule is C[C@H]1CCCCN1CCCCNC(=O)N[C@@H]1CCOc2c(Cl)cccc21. The molecule has 2 atom stereocenters. The molecule has 0 aromatic heterocycles. The number of benzene rings is 1. The number of amides is 2. The van der Waals surface area contributed by atoms with Crippen LogP contribution in [0.3, 0.4) is 0 Å². The molecule has 144 valence electrons. The van der Waals surface area contributed by atoms with Gasteiger partial charge in [0.05, 0.1) is 17.7 Å². The van der Waals surface area contributed by atoms with Gasteiger partial charge in [0.2, 0.25) is 0 Å². The van der Waals surface area contributed by atoms with Gasteiger partial charge in [-0.2, -0.15) is 0 Å². The summed E-state index contributed by atoms with van der Waals surface area (Å²) in [7, 11) is 0. The van der Waals surface area contributed by atoms with E-state index >= 15 is 0 Å². The first-order chi connectivity index (χ1) is 12.6. The summed E-state index contributed by atoms with van der Waals surface area (Å²) >= 11 is 6.18. The van der Waals surface area contributed by atoms with Gasteiger partial charge < -0.3 is 20.3 Å². The first-order valence-corrected chi connectivity index (χ1v) is 10.2. The molecular weight excluding hydrogens is 350 g/mol. The Morgan fingerprint density at radius 2 is 2.19 bits per heavy atom. The van der Waals surface area contributed by atoms with Crippen molar-refractivity contribution < 1.29 is 9.53 Å². The van der Waals surface area contributed by atoms with E-state index in [2.05, 4.69) is 22.5 Å². The van der Waals surface area contributed by atoms with Crippen LogP contribution in [0.1, 0.15) is 57.1 Å². The van der Waals surface area contributed by atoms with Crippen molar-refractivity contribution in [1.29, 1.82) is 0 Å². The molecule has 2 N–H and O–H groups in total. The van der Waals surface area contributed by atoms with E-state index < -0.39 is 0 Å². The van der Waals surface area contributed by atoms with E-state index in [0.717, 1.165) is 31.4 Å². The summed E-state index contributed by atoms with van der Waals surface area (Å²) in [5, 5.41) is 6.63. The lowest BCUT2D eigenvalue weighted by atomic mass is 10.0. The molecule has 0 bridgehead atoms. The van der Waals surface area contributed by atoms with Gasteiger partial charge in [-0.25, -0.2) is 4.79 Å². The number of para-hydroxylation sites is 1. The number of ether oxygens (including phenoxy) is 1. The van der Waals surface area contributed by atoms with E-state index in [1.165, 1.54) is 25.8 Å². The molecule has 0 spiro atoms. The number of likely N-dealkylation sites (tertiary alicyclic amines) is 1. The topological polar surface area (TPSA) is 53.6 Å². The van der Waals surface area contributed by atoms with Crippen molar-refractivity contribution in [2.75, 3.05) is 26.2 Å².